The lowest BCUT2D eigenvalue weighted by Gasteiger charge is -2.16. The van der Waals surface area contributed by atoms with Gasteiger partial charge in [-0.05, 0) is 67.3 Å². The van der Waals surface area contributed by atoms with Crippen LogP contribution in [-0.4, -0.2) is 41.9 Å². The Morgan fingerprint density at radius 1 is 0.946 bits per heavy atom. The average molecular weight is 566 g/mol. The van der Waals surface area contributed by atoms with E-state index in [4.69, 9.17) is 11.5 Å². The Morgan fingerprint density at radius 3 is 2.38 bits per heavy atom. The Morgan fingerprint density at radius 2 is 1.68 bits per heavy atom. The SMILES string of the molecule is CC(=O)C(CCCCN=C(N)N)NC(=O)C(=O)c1cc(Br)ccc1NC(=O)c1ccc2ccccc2c1. The molecule has 3 aromatic carbocycles. The summed E-state index contributed by atoms with van der Waals surface area (Å²) < 4.78 is 0.551. The lowest BCUT2D eigenvalue weighted by atomic mass is 10.0. The third-order valence-corrected chi connectivity index (χ3v) is 6.18. The van der Waals surface area contributed by atoms with Crippen molar-refractivity contribution < 1.29 is 19.2 Å². The van der Waals surface area contributed by atoms with E-state index >= 15 is 0 Å². The Balaban J connectivity index is 1.73. The zero-order valence-electron chi connectivity index (χ0n) is 20.3. The number of aliphatic imine (C=N–C) groups is 1. The highest BCUT2D eigenvalue weighted by Crippen LogP contribution is 2.23. The number of anilines is 1. The van der Waals surface area contributed by atoms with Crippen LogP contribution in [0.15, 0.2) is 70.1 Å². The molecule has 3 rings (SSSR count). The summed E-state index contributed by atoms with van der Waals surface area (Å²) >= 11 is 3.31. The van der Waals surface area contributed by atoms with Gasteiger partial charge in [-0.2, -0.15) is 0 Å². The number of unbranched alkanes of at least 4 members (excludes halogenated alkanes) is 1. The zero-order chi connectivity index (χ0) is 26.9. The van der Waals surface area contributed by atoms with Crippen LogP contribution in [0.1, 0.15) is 46.9 Å². The summed E-state index contributed by atoms with van der Waals surface area (Å²) in [5, 5.41) is 7.13. The number of carbonyl (C=O) groups excluding carboxylic acids is 4. The topological polar surface area (TPSA) is 157 Å². The molecule has 0 fully saturated rings. The first-order valence-electron chi connectivity index (χ1n) is 11.7. The first-order valence-corrected chi connectivity index (χ1v) is 12.5. The molecule has 10 heteroatoms. The van der Waals surface area contributed by atoms with Gasteiger partial charge in [0.05, 0.1) is 17.3 Å². The maximum absolute atomic E-state index is 13.1. The Hall–Kier alpha value is -4.05. The number of guanidine groups is 1. The van der Waals surface area contributed by atoms with Gasteiger partial charge in [0.2, 0.25) is 0 Å². The number of ketones is 2. The van der Waals surface area contributed by atoms with Crippen molar-refractivity contribution in [2.75, 3.05) is 11.9 Å². The van der Waals surface area contributed by atoms with E-state index in [0.29, 0.717) is 35.8 Å². The maximum Gasteiger partial charge on any atom is 0.293 e. The first kappa shape index (κ1) is 27.5. The number of fused-ring (bicyclic) bond motifs is 1. The van der Waals surface area contributed by atoms with Gasteiger partial charge < -0.3 is 22.1 Å². The van der Waals surface area contributed by atoms with Gasteiger partial charge in [-0.15, -0.1) is 0 Å². The molecule has 192 valence electrons. The van der Waals surface area contributed by atoms with Gasteiger partial charge in [0.15, 0.2) is 11.7 Å². The van der Waals surface area contributed by atoms with Crippen LogP contribution in [0.3, 0.4) is 0 Å². The molecule has 2 amide bonds. The Labute approximate surface area is 222 Å². The number of rotatable bonds is 11. The highest BCUT2D eigenvalue weighted by Gasteiger charge is 2.25. The van der Waals surface area contributed by atoms with Crippen molar-refractivity contribution in [3.05, 3.63) is 76.3 Å². The van der Waals surface area contributed by atoms with Gasteiger partial charge in [0.25, 0.3) is 17.6 Å². The molecule has 37 heavy (non-hydrogen) atoms. The molecule has 1 atom stereocenters. The number of Topliss-reactive ketones (excluding diaryl/α,β-unsaturated/α-hetero) is 2. The Kier molecular flexibility index (Phi) is 9.51. The van der Waals surface area contributed by atoms with Gasteiger partial charge in [0.1, 0.15) is 0 Å². The molecule has 0 aromatic heterocycles. The zero-order valence-corrected chi connectivity index (χ0v) is 21.9. The third kappa shape index (κ3) is 7.71. The van der Waals surface area contributed by atoms with E-state index < -0.39 is 23.6 Å². The largest absolute Gasteiger partial charge is 0.370 e. The fraction of sp³-hybridized carbons (Fsp3) is 0.222. The normalized spacial score (nSPS) is 11.4. The van der Waals surface area contributed by atoms with Gasteiger partial charge in [-0.3, -0.25) is 24.2 Å². The molecule has 0 heterocycles. The van der Waals surface area contributed by atoms with Crippen LogP contribution in [0.25, 0.3) is 10.8 Å². The van der Waals surface area contributed by atoms with Crippen molar-refractivity contribution in [1.29, 1.82) is 0 Å². The number of amides is 2. The summed E-state index contributed by atoms with van der Waals surface area (Å²) in [6.07, 6.45) is 1.51. The average Bonchev–Trinajstić information content (AvgIpc) is 2.87. The van der Waals surface area contributed by atoms with Crippen molar-refractivity contribution in [2.45, 2.75) is 32.2 Å². The highest BCUT2D eigenvalue weighted by molar-refractivity contribution is 9.10. The summed E-state index contributed by atoms with van der Waals surface area (Å²) in [6, 6.07) is 16.7. The second kappa shape index (κ2) is 12.8. The number of hydrogen-bond donors (Lipinski definition) is 4. The van der Waals surface area contributed by atoms with Crippen LogP contribution in [0.5, 0.6) is 0 Å². The summed E-state index contributed by atoms with van der Waals surface area (Å²) in [5.74, 6) is -2.53. The van der Waals surface area contributed by atoms with Crippen molar-refractivity contribution in [2.24, 2.45) is 16.5 Å². The van der Waals surface area contributed by atoms with Crippen LogP contribution < -0.4 is 22.1 Å². The second-order valence-electron chi connectivity index (χ2n) is 8.47. The molecule has 0 saturated heterocycles. The molecule has 0 spiro atoms. The number of carbonyl (C=O) groups is 4. The number of nitrogens with one attached hydrogen (secondary N) is 2. The summed E-state index contributed by atoms with van der Waals surface area (Å²) in [4.78, 5) is 54.8. The van der Waals surface area contributed by atoms with E-state index in [9.17, 15) is 19.2 Å². The molecule has 1 unspecified atom stereocenters. The third-order valence-electron chi connectivity index (χ3n) is 5.68. The second-order valence-corrected chi connectivity index (χ2v) is 9.39. The highest BCUT2D eigenvalue weighted by atomic mass is 79.9. The monoisotopic (exact) mass is 565 g/mol. The number of nitrogens with two attached hydrogens (primary N) is 2. The van der Waals surface area contributed by atoms with E-state index in [2.05, 4.69) is 31.6 Å². The molecule has 0 aliphatic heterocycles. The summed E-state index contributed by atoms with van der Waals surface area (Å²) in [6.45, 7) is 1.75. The predicted octanol–water partition coefficient (Wildman–Crippen LogP) is 3.55. The standard InChI is InChI=1S/C27H28BrN5O4/c1-16(34)22(8-4-5-13-31-27(29)30)32-26(37)24(35)21-15-20(28)11-12-23(21)33-25(36)19-10-9-17-6-2-3-7-18(17)14-19/h2-3,6-7,9-12,14-15,22H,4-5,8,13H2,1H3,(H,32,37)(H,33,36)(H4,29,30,31). The fourth-order valence-corrected chi connectivity index (χ4v) is 4.09. The van der Waals surface area contributed by atoms with E-state index in [0.717, 1.165) is 10.8 Å². The molecule has 0 bridgehead atoms. The van der Waals surface area contributed by atoms with Crippen molar-refractivity contribution in [3.8, 4) is 0 Å². The molecule has 0 aliphatic carbocycles. The smallest absolute Gasteiger partial charge is 0.293 e. The molecule has 0 radical (unpaired) electrons. The maximum atomic E-state index is 13.1. The molecule has 3 aromatic rings. The quantitative estimate of drug-likeness (QED) is 0.0914. The van der Waals surface area contributed by atoms with Gasteiger partial charge >= 0.3 is 0 Å². The molecule has 0 saturated carbocycles. The lowest BCUT2D eigenvalue weighted by molar-refractivity contribution is -0.124. The first-order chi connectivity index (χ1) is 17.7. The molecular formula is C27H28BrN5O4. The van der Waals surface area contributed by atoms with E-state index in [1.54, 1.807) is 18.2 Å². The van der Waals surface area contributed by atoms with Crippen LogP contribution >= 0.6 is 15.9 Å². The van der Waals surface area contributed by atoms with Crippen LogP contribution in [0, 0.1) is 0 Å². The van der Waals surface area contributed by atoms with Gasteiger partial charge in [0, 0.05) is 16.6 Å². The van der Waals surface area contributed by atoms with Crippen molar-refractivity contribution in [1.82, 2.24) is 5.32 Å². The van der Waals surface area contributed by atoms with E-state index in [-0.39, 0.29) is 23.0 Å². The Bertz CT molecular complexity index is 1370. The van der Waals surface area contributed by atoms with Gasteiger partial charge in [-0.25, -0.2) is 0 Å². The fourth-order valence-electron chi connectivity index (χ4n) is 3.73. The number of hydrogen-bond acceptors (Lipinski definition) is 5. The predicted molar refractivity (Wildman–Crippen MR) is 148 cm³/mol. The van der Waals surface area contributed by atoms with E-state index in [1.165, 1.54) is 19.1 Å². The molecular weight excluding hydrogens is 538 g/mol. The molecule has 0 aliphatic rings. The minimum Gasteiger partial charge on any atom is -0.370 e. The molecule has 6 N–H and O–H groups in total. The lowest BCUT2D eigenvalue weighted by Crippen LogP contribution is -2.43. The molecule has 9 nitrogen and oxygen atoms in total. The number of halogens is 1. The minimum absolute atomic E-state index is 0.00363. The van der Waals surface area contributed by atoms with E-state index in [1.807, 2.05) is 30.3 Å². The number of benzene rings is 3. The van der Waals surface area contributed by atoms with Crippen molar-refractivity contribution >= 4 is 61.7 Å². The van der Waals surface area contributed by atoms with Crippen LogP contribution in [0.2, 0.25) is 0 Å². The van der Waals surface area contributed by atoms with Crippen LogP contribution in [-0.2, 0) is 9.59 Å². The minimum atomic E-state index is -0.941. The van der Waals surface area contributed by atoms with Gasteiger partial charge in [-0.1, -0.05) is 46.3 Å². The summed E-state index contributed by atoms with van der Waals surface area (Å²) in [7, 11) is 0. The van der Waals surface area contributed by atoms with Crippen molar-refractivity contribution in [3.63, 3.8) is 0 Å². The number of nitrogens with zero attached hydrogens (tertiary/aromatic N) is 1. The van der Waals surface area contributed by atoms with Crippen LogP contribution in [0.4, 0.5) is 5.69 Å². The summed E-state index contributed by atoms with van der Waals surface area (Å²) in [5.41, 5.74) is 11.2.